The van der Waals surface area contributed by atoms with E-state index in [9.17, 15) is 0 Å². The molecule has 1 aromatic carbocycles. The largest absolute Gasteiger partial charge is 0.329 e. The van der Waals surface area contributed by atoms with Gasteiger partial charge in [-0.2, -0.15) is 0 Å². The molecule has 2 heteroatoms. The molecule has 0 fully saturated rings. The van der Waals surface area contributed by atoms with E-state index in [4.69, 9.17) is 5.73 Å². The second-order valence-electron chi connectivity index (χ2n) is 5.34. The lowest BCUT2D eigenvalue weighted by atomic mass is 9.87. The Balaban J connectivity index is 2.22. The van der Waals surface area contributed by atoms with Crippen LogP contribution >= 0.6 is 0 Å². The SMILES string of the molecule is CC(C)C(C)(CN)N1Cc2ccccc2C1. The van der Waals surface area contributed by atoms with Crippen molar-refractivity contribution in [1.82, 2.24) is 4.90 Å². The third kappa shape index (κ3) is 1.76. The van der Waals surface area contributed by atoms with Crippen molar-refractivity contribution in [2.75, 3.05) is 6.54 Å². The van der Waals surface area contributed by atoms with Crippen LogP contribution in [0.4, 0.5) is 0 Å². The van der Waals surface area contributed by atoms with Gasteiger partial charge in [0.25, 0.3) is 0 Å². The minimum atomic E-state index is 0.110. The van der Waals surface area contributed by atoms with Crippen molar-refractivity contribution in [3.63, 3.8) is 0 Å². The average molecular weight is 218 g/mol. The molecule has 0 saturated heterocycles. The van der Waals surface area contributed by atoms with E-state index in [2.05, 4.69) is 49.9 Å². The van der Waals surface area contributed by atoms with E-state index in [1.54, 1.807) is 0 Å². The zero-order chi connectivity index (χ0) is 11.8. The molecule has 2 N–H and O–H groups in total. The van der Waals surface area contributed by atoms with Crippen LogP contribution < -0.4 is 5.73 Å². The number of nitrogens with zero attached hydrogens (tertiary/aromatic N) is 1. The topological polar surface area (TPSA) is 29.3 Å². The number of fused-ring (bicyclic) bond motifs is 1. The number of hydrogen-bond acceptors (Lipinski definition) is 2. The van der Waals surface area contributed by atoms with Crippen molar-refractivity contribution in [2.24, 2.45) is 11.7 Å². The summed E-state index contributed by atoms with van der Waals surface area (Å²) in [5, 5.41) is 0. The number of rotatable bonds is 3. The van der Waals surface area contributed by atoms with Gasteiger partial charge < -0.3 is 5.73 Å². The highest BCUT2D eigenvalue weighted by molar-refractivity contribution is 5.31. The number of nitrogens with two attached hydrogens (primary N) is 1. The molecule has 1 aromatic rings. The Morgan fingerprint density at radius 1 is 1.25 bits per heavy atom. The van der Waals surface area contributed by atoms with E-state index in [1.165, 1.54) is 11.1 Å². The summed E-state index contributed by atoms with van der Waals surface area (Å²) < 4.78 is 0. The first-order chi connectivity index (χ1) is 7.58. The zero-order valence-corrected chi connectivity index (χ0v) is 10.5. The van der Waals surface area contributed by atoms with E-state index >= 15 is 0 Å². The van der Waals surface area contributed by atoms with Crippen LogP contribution in [-0.4, -0.2) is 17.0 Å². The fourth-order valence-electron chi connectivity index (χ4n) is 2.42. The molecule has 2 nitrogen and oxygen atoms in total. The van der Waals surface area contributed by atoms with E-state index < -0.39 is 0 Å². The Morgan fingerprint density at radius 2 is 1.75 bits per heavy atom. The Labute approximate surface area is 98.4 Å². The predicted octanol–water partition coefficient (Wildman–Crippen LogP) is 2.38. The molecule has 88 valence electrons. The maximum Gasteiger partial charge on any atom is 0.0333 e. The Hall–Kier alpha value is -0.860. The van der Waals surface area contributed by atoms with Crippen LogP contribution in [0.15, 0.2) is 24.3 Å². The fourth-order valence-corrected chi connectivity index (χ4v) is 2.42. The molecule has 0 amide bonds. The van der Waals surface area contributed by atoms with Gasteiger partial charge in [0.05, 0.1) is 0 Å². The quantitative estimate of drug-likeness (QED) is 0.844. The summed E-state index contributed by atoms with van der Waals surface area (Å²) in [6, 6.07) is 8.70. The van der Waals surface area contributed by atoms with Gasteiger partial charge in [-0.25, -0.2) is 0 Å². The van der Waals surface area contributed by atoms with Crippen LogP contribution in [0.5, 0.6) is 0 Å². The van der Waals surface area contributed by atoms with E-state index in [0.29, 0.717) is 5.92 Å². The van der Waals surface area contributed by atoms with Crippen molar-refractivity contribution >= 4 is 0 Å². The monoisotopic (exact) mass is 218 g/mol. The summed E-state index contributed by atoms with van der Waals surface area (Å²) in [6.45, 7) is 9.61. The van der Waals surface area contributed by atoms with Crippen molar-refractivity contribution < 1.29 is 0 Å². The Morgan fingerprint density at radius 3 is 2.12 bits per heavy atom. The maximum absolute atomic E-state index is 5.98. The first-order valence-corrected chi connectivity index (χ1v) is 6.10. The number of benzene rings is 1. The van der Waals surface area contributed by atoms with Gasteiger partial charge in [-0.15, -0.1) is 0 Å². The first kappa shape index (κ1) is 11.6. The standard InChI is InChI=1S/C14H22N2/c1-11(2)14(3,10-15)16-8-12-6-4-5-7-13(12)9-16/h4-7,11H,8-10,15H2,1-3H3. The second-order valence-corrected chi connectivity index (χ2v) is 5.34. The molecule has 0 aliphatic carbocycles. The zero-order valence-electron chi connectivity index (χ0n) is 10.5. The lowest BCUT2D eigenvalue weighted by molar-refractivity contribution is 0.0643. The van der Waals surface area contributed by atoms with E-state index in [-0.39, 0.29) is 5.54 Å². The van der Waals surface area contributed by atoms with Gasteiger partial charge in [0.1, 0.15) is 0 Å². The smallest absolute Gasteiger partial charge is 0.0333 e. The lowest BCUT2D eigenvalue weighted by Crippen LogP contribution is -2.52. The van der Waals surface area contributed by atoms with Crippen LogP contribution in [0, 0.1) is 5.92 Å². The molecule has 1 aliphatic rings. The molecule has 1 heterocycles. The van der Waals surface area contributed by atoms with E-state index in [1.807, 2.05) is 0 Å². The Bertz CT molecular complexity index is 348. The molecule has 0 spiro atoms. The van der Waals surface area contributed by atoms with Gasteiger partial charge >= 0.3 is 0 Å². The highest BCUT2D eigenvalue weighted by atomic mass is 15.2. The Kier molecular flexibility index (Phi) is 3.04. The third-order valence-corrected chi connectivity index (χ3v) is 4.22. The van der Waals surface area contributed by atoms with Gasteiger partial charge in [0.2, 0.25) is 0 Å². The minimum absolute atomic E-state index is 0.110. The molecule has 0 bridgehead atoms. The molecule has 16 heavy (non-hydrogen) atoms. The van der Waals surface area contributed by atoms with Gasteiger partial charge in [0.15, 0.2) is 0 Å². The van der Waals surface area contributed by atoms with E-state index in [0.717, 1.165) is 19.6 Å². The second kappa shape index (κ2) is 4.19. The summed E-state index contributed by atoms with van der Waals surface area (Å²) in [7, 11) is 0. The van der Waals surface area contributed by atoms with Crippen LogP contribution in [-0.2, 0) is 13.1 Å². The molecule has 0 radical (unpaired) electrons. The summed E-state index contributed by atoms with van der Waals surface area (Å²) >= 11 is 0. The molecule has 2 rings (SSSR count). The summed E-state index contributed by atoms with van der Waals surface area (Å²) in [5.74, 6) is 0.576. The average Bonchev–Trinajstić information content (AvgIpc) is 2.71. The first-order valence-electron chi connectivity index (χ1n) is 6.10. The van der Waals surface area contributed by atoms with Crippen LogP contribution in [0.1, 0.15) is 31.9 Å². The third-order valence-electron chi connectivity index (χ3n) is 4.22. The van der Waals surface area contributed by atoms with Crippen molar-refractivity contribution in [3.8, 4) is 0 Å². The molecule has 1 atom stereocenters. The maximum atomic E-state index is 5.98. The molecular formula is C14H22N2. The van der Waals surface area contributed by atoms with Crippen molar-refractivity contribution in [2.45, 2.75) is 39.4 Å². The molecule has 0 aromatic heterocycles. The molecular weight excluding hydrogens is 196 g/mol. The van der Waals surface area contributed by atoms with Crippen LogP contribution in [0.3, 0.4) is 0 Å². The molecule has 1 unspecified atom stereocenters. The summed E-state index contributed by atoms with van der Waals surface area (Å²) in [6.07, 6.45) is 0. The normalized spacial score (nSPS) is 19.8. The molecule has 1 aliphatic heterocycles. The predicted molar refractivity (Wildman–Crippen MR) is 68.0 cm³/mol. The number of hydrogen-bond donors (Lipinski definition) is 1. The minimum Gasteiger partial charge on any atom is -0.329 e. The van der Waals surface area contributed by atoms with Gasteiger partial charge in [-0.3, -0.25) is 4.90 Å². The lowest BCUT2D eigenvalue weighted by Gasteiger charge is -2.41. The van der Waals surface area contributed by atoms with Gasteiger partial charge in [-0.1, -0.05) is 38.1 Å². The van der Waals surface area contributed by atoms with Crippen LogP contribution in [0.25, 0.3) is 0 Å². The highest BCUT2D eigenvalue weighted by Crippen LogP contribution is 2.32. The highest BCUT2D eigenvalue weighted by Gasteiger charge is 2.36. The fraction of sp³-hybridized carbons (Fsp3) is 0.571. The van der Waals surface area contributed by atoms with Crippen molar-refractivity contribution in [1.29, 1.82) is 0 Å². The van der Waals surface area contributed by atoms with Gasteiger partial charge in [0, 0.05) is 25.2 Å². The van der Waals surface area contributed by atoms with Crippen molar-refractivity contribution in [3.05, 3.63) is 35.4 Å². The van der Waals surface area contributed by atoms with Crippen LogP contribution in [0.2, 0.25) is 0 Å². The molecule has 0 saturated carbocycles. The van der Waals surface area contributed by atoms with Gasteiger partial charge in [-0.05, 0) is 24.0 Å². The summed E-state index contributed by atoms with van der Waals surface area (Å²) in [4.78, 5) is 2.52. The summed E-state index contributed by atoms with van der Waals surface area (Å²) in [5.41, 5.74) is 9.01.